The first-order valence-electron chi connectivity index (χ1n) is 6.33. The van der Waals surface area contributed by atoms with Gasteiger partial charge in [-0.05, 0) is 37.1 Å². The van der Waals surface area contributed by atoms with Crippen LogP contribution in [0, 0.1) is 5.92 Å². The zero-order chi connectivity index (χ0) is 12.7. The van der Waals surface area contributed by atoms with Gasteiger partial charge < -0.3 is 15.6 Å². The summed E-state index contributed by atoms with van der Waals surface area (Å²) in [4.78, 5) is 0. The van der Waals surface area contributed by atoms with Gasteiger partial charge in [-0.1, -0.05) is 26.0 Å². The first-order chi connectivity index (χ1) is 8.22. The number of nitrogens with two attached hydrogens (primary N) is 1. The highest BCUT2D eigenvalue weighted by Crippen LogP contribution is 2.25. The van der Waals surface area contributed by atoms with Gasteiger partial charge in [-0.2, -0.15) is 0 Å². The van der Waals surface area contributed by atoms with Crippen molar-refractivity contribution in [3.63, 3.8) is 0 Å². The molecule has 2 atom stereocenters. The Hall–Kier alpha value is -1.06. The van der Waals surface area contributed by atoms with E-state index in [1.165, 1.54) is 0 Å². The Labute approximate surface area is 104 Å². The smallest absolute Gasteiger partial charge is 0.119 e. The second-order valence-corrected chi connectivity index (χ2v) is 4.27. The highest BCUT2D eigenvalue weighted by molar-refractivity contribution is 5.28. The molecule has 0 fully saturated rings. The fraction of sp³-hybridized carbons (Fsp3) is 0.571. The molecule has 1 aromatic carbocycles. The van der Waals surface area contributed by atoms with Crippen LogP contribution < -0.4 is 10.5 Å². The molecule has 0 amide bonds. The van der Waals surface area contributed by atoms with Gasteiger partial charge in [0.25, 0.3) is 0 Å². The van der Waals surface area contributed by atoms with Crippen molar-refractivity contribution < 1.29 is 9.84 Å². The molecule has 3 nitrogen and oxygen atoms in total. The van der Waals surface area contributed by atoms with E-state index in [4.69, 9.17) is 10.5 Å². The summed E-state index contributed by atoms with van der Waals surface area (Å²) in [5.74, 6) is 0.973. The molecule has 0 spiro atoms. The molecule has 3 N–H and O–H groups in total. The summed E-state index contributed by atoms with van der Waals surface area (Å²) >= 11 is 0. The lowest BCUT2D eigenvalue weighted by Gasteiger charge is -2.20. The molecule has 1 rings (SSSR count). The molecule has 0 saturated heterocycles. The third-order valence-corrected chi connectivity index (χ3v) is 2.97. The van der Waals surface area contributed by atoms with Crippen molar-refractivity contribution in [3.8, 4) is 5.75 Å². The minimum Gasteiger partial charge on any atom is -0.494 e. The monoisotopic (exact) mass is 237 g/mol. The predicted molar refractivity (Wildman–Crippen MR) is 70.0 cm³/mol. The van der Waals surface area contributed by atoms with Gasteiger partial charge in [0.1, 0.15) is 5.75 Å². The molecular formula is C14H23NO2. The SMILES string of the molecule is CCCOc1ccc(C(O)C(CC)CN)cc1. The summed E-state index contributed by atoms with van der Waals surface area (Å²) < 4.78 is 5.50. The van der Waals surface area contributed by atoms with Gasteiger partial charge in [-0.15, -0.1) is 0 Å². The van der Waals surface area contributed by atoms with E-state index in [9.17, 15) is 5.11 Å². The molecule has 17 heavy (non-hydrogen) atoms. The van der Waals surface area contributed by atoms with E-state index in [1.807, 2.05) is 31.2 Å². The second-order valence-electron chi connectivity index (χ2n) is 4.27. The maximum absolute atomic E-state index is 10.1. The highest BCUT2D eigenvalue weighted by Gasteiger charge is 2.17. The van der Waals surface area contributed by atoms with Crippen molar-refractivity contribution in [2.24, 2.45) is 11.7 Å². The van der Waals surface area contributed by atoms with Gasteiger partial charge in [0.2, 0.25) is 0 Å². The molecule has 1 aromatic rings. The molecule has 0 aromatic heterocycles. The number of benzene rings is 1. The quantitative estimate of drug-likeness (QED) is 0.766. The summed E-state index contributed by atoms with van der Waals surface area (Å²) in [6.07, 6.45) is 1.39. The lowest BCUT2D eigenvalue weighted by molar-refractivity contribution is 0.110. The van der Waals surface area contributed by atoms with Gasteiger partial charge in [0.15, 0.2) is 0 Å². The summed E-state index contributed by atoms with van der Waals surface area (Å²) in [6.45, 7) is 5.35. The molecule has 0 aliphatic rings. The maximum atomic E-state index is 10.1. The van der Waals surface area contributed by atoms with Gasteiger partial charge in [-0.25, -0.2) is 0 Å². The minimum absolute atomic E-state index is 0.123. The molecule has 0 aliphatic carbocycles. The number of hydrogen-bond donors (Lipinski definition) is 2. The Morgan fingerprint density at radius 1 is 1.24 bits per heavy atom. The zero-order valence-electron chi connectivity index (χ0n) is 10.7. The van der Waals surface area contributed by atoms with E-state index in [1.54, 1.807) is 0 Å². The number of rotatable bonds is 7. The Balaban J connectivity index is 2.66. The summed E-state index contributed by atoms with van der Waals surface area (Å²) in [6, 6.07) is 7.62. The minimum atomic E-state index is -0.481. The van der Waals surface area contributed by atoms with Gasteiger partial charge in [0.05, 0.1) is 12.7 Å². The van der Waals surface area contributed by atoms with Crippen molar-refractivity contribution in [1.29, 1.82) is 0 Å². The maximum Gasteiger partial charge on any atom is 0.119 e. The standard InChI is InChI=1S/C14H23NO2/c1-3-9-17-13-7-5-12(6-8-13)14(16)11(4-2)10-15/h5-8,11,14,16H,3-4,9-10,15H2,1-2H3. The Bertz CT molecular complexity index is 307. The number of ether oxygens (including phenoxy) is 1. The number of hydrogen-bond acceptors (Lipinski definition) is 3. The largest absolute Gasteiger partial charge is 0.494 e. The van der Waals surface area contributed by atoms with E-state index in [0.29, 0.717) is 6.54 Å². The third-order valence-electron chi connectivity index (χ3n) is 2.97. The van der Waals surface area contributed by atoms with Crippen molar-refractivity contribution in [3.05, 3.63) is 29.8 Å². The van der Waals surface area contributed by atoms with E-state index in [0.717, 1.165) is 30.8 Å². The Morgan fingerprint density at radius 3 is 2.35 bits per heavy atom. The Kier molecular flexibility index (Phi) is 6.01. The van der Waals surface area contributed by atoms with E-state index in [-0.39, 0.29) is 5.92 Å². The van der Waals surface area contributed by atoms with Crippen LogP contribution in [0.4, 0.5) is 0 Å². The van der Waals surface area contributed by atoms with Crippen LogP contribution in [0.1, 0.15) is 38.4 Å². The fourth-order valence-corrected chi connectivity index (χ4v) is 1.77. The number of aliphatic hydroxyl groups is 1. The van der Waals surface area contributed by atoms with Crippen molar-refractivity contribution >= 4 is 0 Å². The summed E-state index contributed by atoms with van der Waals surface area (Å²) in [5, 5.41) is 10.1. The van der Waals surface area contributed by atoms with E-state index < -0.39 is 6.10 Å². The Morgan fingerprint density at radius 2 is 1.88 bits per heavy atom. The predicted octanol–water partition coefficient (Wildman–Crippen LogP) is 2.49. The fourth-order valence-electron chi connectivity index (χ4n) is 1.77. The average Bonchev–Trinajstić information content (AvgIpc) is 2.38. The lowest BCUT2D eigenvalue weighted by atomic mass is 9.94. The zero-order valence-corrected chi connectivity index (χ0v) is 10.7. The molecule has 3 heteroatoms. The van der Waals surface area contributed by atoms with Crippen LogP contribution in [0.3, 0.4) is 0 Å². The van der Waals surface area contributed by atoms with Crippen molar-refractivity contribution in [2.45, 2.75) is 32.8 Å². The topological polar surface area (TPSA) is 55.5 Å². The van der Waals surface area contributed by atoms with Crippen LogP contribution >= 0.6 is 0 Å². The van der Waals surface area contributed by atoms with Gasteiger partial charge >= 0.3 is 0 Å². The molecule has 0 radical (unpaired) electrons. The molecule has 96 valence electrons. The van der Waals surface area contributed by atoms with Crippen LogP contribution in [0.25, 0.3) is 0 Å². The van der Waals surface area contributed by atoms with Crippen LogP contribution in [0.5, 0.6) is 5.75 Å². The van der Waals surface area contributed by atoms with Crippen LogP contribution in [-0.2, 0) is 0 Å². The molecule has 0 bridgehead atoms. The van der Waals surface area contributed by atoms with Gasteiger partial charge in [0, 0.05) is 5.92 Å². The van der Waals surface area contributed by atoms with Crippen LogP contribution in [0.15, 0.2) is 24.3 Å². The molecule has 0 heterocycles. The van der Waals surface area contributed by atoms with Crippen molar-refractivity contribution in [2.75, 3.05) is 13.2 Å². The molecule has 0 aliphatic heterocycles. The lowest BCUT2D eigenvalue weighted by Crippen LogP contribution is -2.21. The first-order valence-corrected chi connectivity index (χ1v) is 6.33. The summed E-state index contributed by atoms with van der Waals surface area (Å²) in [5.41, 5.74) is 6.54. The van der Waals surface area contributed by atoms with Gasteiger partial charge in [-0.3, -0.25) is 0 Å². The first kappa shape index (κ1) is 14.0. The van der Waals surface area contributed by atoms with E-state index in [2.05, 4.69) is 6.92 Å². The average molecular weight is 237 g/mol. The molecule has 0 saturated carbocycles. The molecular weight excluding hydrogens is 214 g/mol. The second kappa shape index (κ2) is 7.30. The third kappa shape index (κ3) is 4.02. The van der Waals surface area contributed by atoms with Crippen LogP contribution in [0.2, 0.25) is 0 Å². The number of aliphatic hydroxyl groups excluding tert-OH is 1. The van der Waals surface area contributed by atoms with Crippen molar-refractivity contribution in [1.82, 2.24) is 0 Å². The molecule has 2 unspecified atom stereocenters. The normalized spacial score (nSPS) is 14.4. The highest BCUT2D eigenvalue weighted by atomic mass is 16.5. The van der Waals surface area contributed by atoms with E-state index >= 15 is 0 Å². The summed E-state index contributed by atoms with van der Waals surface area (Å²) in [7, 11) is 0. The van der Waals surface area contributed by atoms with Crippen LogP contribution in [-0.4, -0.2) is 18.3 Å².